The number of carbonyl (C=O) groups is 1. The van der Waals surface area contributed by atoms with Crippen LogP contribution in [0.3, 0.4) is 0 Å². The normalized spacial score (nSPS) is 18.0. The fraction of sp³-hybridized carbons (Fsp3) is 0.533. The zero-order valence-corrected chi connectivity index (χ0v) is 10.8. The van der Waals surface area contributed by atoms with E-state index >= 15 is 0 Å². The van der Waals surface area contributed by atoms with Crippen LogP contribution in [0.25, 0.3) is 0 Å². The van der Waals surface area contributed by atoms with Gasteiger partial charge in [0.15, 0.2) is 5.78 Å². The molecule has 1 aromatic carbocycles. The van der Waals surface area contributed by atoms with Crippen LogP contribution in [0.1, 0.15) is 67.1 Å². The van der Waals surface area contributed by atoms with E-state index in [1.54, 1.807) is 0 Å². The maximum absolute atomic E-state index is 12.0. The maximum Gasteiger partial charge on any atom is 0.164 e. The third-order valence-electron chi connectivity index (χ3n) is 3.63. The van der Waals surface area contributed by atoms with Crippen molar-refractivity contribution in [2.45, 2.75) is 52.4 Å². The molecule has 0 N–H and O–H groups in total. The van der Waals surface area contributed by atoms with Crippen LogP contribution < -0.4 is 0 Å². The number of fused-ring (bicyclic) bond motifs is 1. The van der Waals surface area contributed by atoms with Crippen molar-refractivity contribution in [3.05, 3.63) is 34.4 Å². The van der Waals surface area contributed by atoms with Crippen molar-refractivity contribution in [1.82, 2.24) is 0 Å². The van der Waals surface area contributed by atoms with Gasteiger partial charge in [0.1, 0.15) is 0 Å². The molecule has 16 heavy (non-hydrogen) atoms. The Balaban J connectivity index is 2.68. The molecule has 0 aliphatic heterocycles. The zero-order valence-electron chi connectivity index (χ0n) is 10.8. The maximum atomic E-state index is 12.0. The molecule has 1 aliphatic carbocycles. The summed E-state index contributed by atoms with van der Waals surface area (Å²) in [5.74, 6) is 0.836. The second-order valence-electron chi connectivity index (χ2n) is 5.90. The van der Waals surface area contributed by atoms with Crippen molar-refractivity contribution in [2.75, 3.05) is 0 Å². The van der Waals surface area contributed by atoms with Crippen LogP contribution in [-0.4, -0.2) is 5.78 Å². The largest absolute Gasteiger partial charge is 0.294 e. The van der Waals surface area contributed by atoms with E-state index in [4.69, 9.17) is 0 Å². The molecule has 0 saturated heterocycles. The lowest BCUT2D eigenvalue weighted by Gasteiger charge is -2.20. The average Bonchev–Trinajstić information content (AvgIpc) is 2.37. The molecule has 86 valence electrons. The third kappa shape index (κ3) is 1.59. The van der Waals surface area contributed by atoms with Crippen LogP contribution in [0.5, 0.6) is 0 Å². The highest BCUT2D eigenvalue weighted by atomic mass is 16.1. The van der Waals surface area contributed by atoms with Gasteiger partial charge in [-0.15, -0.1) is 0 Å². The highest BCUT2D eigenvalue weighted by Gasteiger charge is 2.37. The number of hydrogen-bond acceptors (Lipinski definition) is 1. The molecule has 0 heterocycles. The van der Waals surface area contributed by atoms with E-state index in [0.29, 0.717) is 18.1 Å². The van der Waals surface area contributed by atoms with Gasteiger partial charge in [0, 0.05) is 12.0 Å². The summed E-state index contributed by atoms with van der Waals surface area (Å²) in [4.78, 5) is 12.0. The van der Waals surface area contributed by atoms with Crippen LogP contribution in [0.4, 0.5) is 0 Å². The smallest absolute Gasteiger partial charge is 0.164 e. The van der Waals surface area contributed by atoms with Crippen molar-refractivity contribution in [3.63, 3.8) is 0 Å². The molecule has 2 rings (SSSR count). The Hall–Kier alpha value is -1.11. The fourth-order valence-electron chi connectivity index (χ4n) is 2.64. The van der Waals surface area contributed by atoms with E-state index < -0.39 is 0 Å². The number of aryl methyl sites for hydroxylation is 1. The molecule has 0 atom stereocenters. The molecule has 1 nitrogen and oxygen atoms in total. The topological polar surface area (TPSA) is 17.1 Å². The average molecular weight is 216 g/mol. The van der Waals surface area contributed by atoms with Crippen LogP contribution >= 0.6 is 0 Å². The molecule has 0 unspecified atom stereocenters. The number of Topliss-reactive ketones (excluding diaryl/α,β-unsaturated/α-hetero) is 1. The molecule has 0 saturated carbocycles. The quantitative estimate of drug-likeness (QED) is 0.694. The molecule has 0 bridgehead atoms. The van der Waals surface area contributed by atoms with Crippen LogP contribution in [0.15, 0.2) is 12.1 Å². The molecule has 0 radical (unpaired) electrons. The van der Waals surface area contributed by atoms with E-state index in [0.717, 1.165) is 11.1 Å². The van der Waals surface area contributed by atoms with E-state index in [2.05, 4.69) is 46.8 Å². The molecule has 0 amide bonds. The van der Waals surface area contributed by atoms with Gasteiger partial charge in [-0.25, -0.2) is 0 Å². The Morgan fingerprint density at radius 3 is 2.44 bits per heavy atom. The van der Waals surface area contributed by atoms with E-state index in [-0.39, 0.29) is 5.41 Å². The third-order valence-corrected chi connectivity index (χ3v) is 3.63. The minimum Gasteiger partial charge on any atom is -0.294 e. The first-order chi connectivity index (χ1) is 7.33. The van der Waals surface area contributed by atoms with E-state index in [1.807, 2.05) is 0 Å². The summed E-state index contributed by atoms with van der Waals surface area (Å²) in [5, 5.41) is 0. The minimum absolute atomic E-state index is 0.0159. The van der Waals surface area contributed by atoms with Gasteiger partial charge in [-0.3, -0.25) is 4.79 Å². The lowest BCUT2D eigenvalue weighted by Crippen LogP contribution is -2.13. The van der Waals surface area contributed by atoms with Gasteiger partial charge in [0.2, 0.25) is 0 Å². The molecule has 1 heteroatoms. The van der Waals surface area contributed by atoms with Crippen molar-refractivity contribution in [2.24, 2.45) is 0 Å². The fourth-order valence-corrected chi connectivity index (χ4v) is 2.64. The van der Waals surface area contributed by atoms with Gasteiger partial charge in [-0.1, -0.05) is 39.8 Å². The summed E-state index contributed by atoms with van der Waals surface area (Å²) < 4.78 is 0. The van der Waals surface area contributed by atoms with Gasteiger partial charge in [0.05, 0.1) is 0 Å². The van der Waals surface area contributed by atoms with Gasteiger partial charge < -0.3 is 0 Å². The number of carbonyl (C=O) groups excluding carboxylic acids is 1. The SMILES string of the molecule is Cc1cc(C(C)C)cc2c1C(=O)CC2(C)C. The number of hydrogen-bond donors (Lipinski definition) is 0. The van der Waals surface area contributed by atoms with Crippen LogP contribution in [0, 0.1) is 6.92 Å². The summed E-state index contributed by atoms with van der Waals surface area (Å²) in [6, 6.07) is 4.40. The molecular formula is C15H20O. The monoisotopic (exact) mass is 216 g/mol. The zero-order chi connectivity index (χ0) is 12.1. The number of ketones is 1. The van der Waals surface area contributed by atoms with Crippen molar-refractivity contribution in [3.8, 4) is 0 Å². The Morgan fingerprint density at radius 1 is 1.25 bits per heavy atom. The van der Waals surface area contributed by atoms with Crippen molar-refractivity contribution < 1.29 is 4.79 Å². The van der Waals surface area contributed by atoms with Crippen molar-refractivity contribution >= 4 is 5.78 Å². The number of rotatable bonds is 1. The molecule has 0 aromatic heterocycles. The lowest BCUT2D eigenvalue weighted by molar-refractivity contribution is 0.0979. The summed E-state index contributed by atoms with van der Waals surface area (Å²) in [5.41, 5.74) is 4.74. The van der Waals surface area contributed by atoms with Crippen LogP contribution in [0.2, 0.25) is 0 Å². The molecule has 1 aliphatic rings. The van der Waals surface area contributed by atoms with Gasteiger partial charge in [-0.2, -0.15) is 0 Å². The Bertz CT molecular complexity index is 453. The van der Waals surface area contributed by atoms with E-state index in [1.165, 1.54) is 11.1 Å². The van der Waals surface area contributed by atoms with Gasteiger partial charge in [0.25, 0.3) is 0 Å². The first-order valence-electron chi connectivity index (χ1n) is 6.01. The first kappa shape index (κ1) is 11.4. The summed E-state index contributed by atoms with van der Waals surface area (Å²) in [6.45, 7) is 10.8. The van der Waals surface area contributed by atoms with Gasteiger partial charge in [-0.05, 0) is 34.9 Å². The lowest BCUT2D eigenvalue weighted by atomic mass is 9.84. The molecule has 0 fully saturated rings. The second kappa shape index (κ2) is 3.44. The van der Waals surface area contributed by atoms with E-state index in [9.17, 15) is 4.79 Å². The first-order valence-corrected chi connectivity index (χ1v) is 6.01. The molecular weight excluding hydrogens is 196 g/mol. The molecule has 0 spiro atoms. The highest BCUT2D eigenvalue weighted by molar-refractivity contribution is 6.03. The Kier molecular flexibility index (Phi) is 2.45. The van der Waals surface area contributed by atoms with Crippen molar-refractivity contribution in [1.29, 1.82) is 0 Å². The minimum atomic E-state index is 0.0159. The highest BCUT2D eigenvalue weighted by Crippen LogP contribution is 2.41. The number of benzene rings is 1. The van der Waals surface area contributed by atoms with Gasteiger partial charge >= 0.3 is 0 Å². The second-order valence-corrected chi connectivity index (χ2v) is 5.90. The standard InChI is InChI=1S/C15H20O/c1-9(2)11-6-10(3)14-12(7-11)15(4,5)8-13(14)16/h6-7,9H,8H2,1-5H3. The summed E-state index contributed by atoms with van der Waals surface area (Å²) >= 11 is 0. The predicted molar refractivity (Wildman–Crippen MR) is 67.2 cm³/mol. The molecule has 1 aromatic rings. The predicted octanol–water partition coefficient (Wildman–Crippen LogP) is 3.98. The Morgan fingerprint density at radius 2 is 1.88 bits per heavy atom. The summed E-state index contributed by atoms with van der Waals surface area (Å²) in [7, 11) is 0. The summed E-state index contributed by atoms with van der Waals surface area (Å²) in [6.07, 6.45) is 0.657. The van der Waals surface area contributed by atoms with Crippen LogP contribution in [-0.2, 0) is 5.41 Å². The Labute approximate surface area is 97.9 Å².